The van der Waals surface area contributed by atoms with E-state index in [1.54, 1.807) is 0 Å². The van der Waals surface area contributed by atoms with Gasteiger partial charge in [0.15, 0.2) is 14.1 Å². The Balaban J connectivity index is 1.56. The molecule has 11 atom stereocenters. The second kappa shape index (κ2) is 13.8. The van der Waals surface area contributed by atoms with Crippen LogP contribution in [0.25, 0.3) is 0 Å². The highest BCUT2D eigenvalue weighted by atomic mass is 28.4. The average Bonchev–Trinajstić information content (AvgIpc) is 3.33. The zero-order valence-corrected chi connectivity index (χ0v) is 32.2. The van der Waals surface area contributed by atoms with Gasteiger partial charge in [-0.3, -0.25) is 4.79 Å². The Kier molecular flexibility index (Phi) is 10.9. The average molecular weight is 687 g/mol. The summed E-state index contributed by atoms with van der Waals surface area (Å²) in [5.41, 5.74) is 0.670. The number of ether oxygens (including phenoxy) is 4. The molecule has 3 fully saturated rings. The first-order chi connectivity index (χ1) is 22.3. The first kappa shape index (κ1) is 37.7. The van der Waals surface area contributed by atoms with Crippen molar-refractivity contribution >= 4 is 14.3 Å². The normalized spacial score (nSPS) is 44.2. The summed E-state index contributed by atoms with van der Waals surface area (Å²) < 4.78 is 33.3. The van der Waals surface area contributed by atoms with Crippen LogP contribution in [0.2, 0.25) is 18.1 Å². The van der Waals surface area contributed by atoms with E-state index >= 15 is 0 Å². The molecule has 3 saturated heterocycles. The predicted molar refractivity (Wildman–Crippen MR) is 190 cm³/mol. The second-order valence-electron chi connectivity index (χ2n) is 17.3. The van der Waals surface area contributed by atoms with Crippen molar-refractivity contribution in [2.45, 2.75) is 161 Å². The molecule has 270 valence electrons. The van der Waals surface area contributed by atoms with Gasteiger partial charge in [0.1, 0.15) is 23.7 Å². The minimum atomic E-state index is -2.28. The van der Waals surface area contributed by atoms with E-state index in [2.05, 4.69) is 60.7 Å². The minimum absolute atomic E-state index is 0.0324. The Morgan fingerprint density at radius 3 is 2.46 bits per heavy atom. The van der Waals surface area contributed by atoms with Gasteiger partial charge in [0, 0.05) is 25.2 Å². The molecule has 0 aromatic heterocycles. The quantitative estimate of drug-likeness (QED) is 0.183. The molecule has 2 bridgehead atoms. The molecule has 4 heterocycles. The van der Waals surface area contributed by atoms with E-state index in [1.807, 2.05) is 45.1 Å². The van der Waals surface area contributed by atoms with E-state index in [4.69, 9.17) is 23.4 Å². The number of rotatable bonds is 3. The van der Waals surface area contributed by atoms with Crippen molar-refractivity contribution in [2.24, 2.45) is 23.7 Å². The molecule has 8 nitrogen and oxygen atoms in total. The van der Waals surface area contributed by atoms with Gasteiger partial charge in [-0.1, -0.05) is 78.8 Å². The topological polar surface area (TPSA) is 104 Å². The smallest absolute Gasteiger partial charge is 0.316 e. The van der Waals surface area contributed by atoms with Gasteiger partial charge in [-0.15, -0.1) is 0 Å². The second-order valence-corrected chi connectivity index (χ2v) is 22.1. The van der Waals surface area contributed by atoms with E-state index in [0.717, 1.165) is 24.0 Å². The lowest BCUT2D eigenvalue weighted by atomic mass is 9.71. The SMILES string of the molecule is CC1=CC2C(=O)OC3CC(C/C=C(\C)C(O)C(C)/C=C/C=C4\COC(C1O[Si](C)(C)C(C)(C)C)C42O)OC1(CCC(C)C(C(C)C)O1)C3. The Morgan fingerprint density at radius 1 is 1.08 bits per heavy atom. The third kappa shape index (κ3) is 7.25. The molecule has 1 spiro atoms. The summed E-state index contributed by atoms with van der Waals surface area (Å²) in [6.07, 6.45) is 10.1. The summed E-state index contributed by atoms with van der Waals surface area (Å²) in [5.74, 6) is -1.78. The van der Waals surface area contributed by atoms with Crippen molar-refractivity contribution in [1.82, 2.24) is 0 Å². The van der Waals surface area contributed by atoms with Crippen LogP contribution in [0.4, 0.5) is 0 Å². The van der Waals surface area contributed by atoms with E-state index in [0.29, 0.717) is 36.7 Å². The number of carbonyl (C=O) groups excluding carboxylic acids is 1. The highest BCUT2D eigenvalue weighted by molar-refractivity contribution is 6.74. The molecule has 0 radical (unpaired) electrons. The summed E-state index contributed by atoms with van der Waals surface area (Å²) in [7, 11) is -2.28. The summed E-state index contributed by atoms with van der Waals surface area (Å²) in [4.78, 5) is 14.4. The maximum absolute atomic E-state index is 14.4. The summed E-state index contributed by atoms with van der Waals surface area (Å²) in [5, 5.41) is 23.9. The maximum Gasteiger partial charge on any atom is 0.316 e. The predicted octanol–water partition coefficient (Wildman–Crippen LogP) is 7.17. The van der Waals surface area contributed by atoms with Gasteiger partial charge >= 0.3 is 5.97 Å². The molecule has 5 rings (SSSR count). The van der Waals surface area contributed by atoms with Crippen molar-refractivity contribution in [1.29, 1.82) is 0 Å². The number of hydrogen-bond donors (Lipinski definition) is 2. The molecule has 1 aliphatic carbocycles. The van der Waals surface area contributed by atoms with E-state index in [-0.39, 0.29) is 29.8 Å². The van der Waals surface area contributed by atoms with Gasteiger partial charge < -0.3 is 33.6 Å². The lowest BCUT2D eigenvalue weighted by molar-refractivity contribution is -0.340. The molecule has 4 aliphatic heterocycles. The molecule has 0 saturated carbocycles. The van der Waals surface area contributed by atoms with Crippen LogP contribution >= 0.6 is 0 Å². The highest BCUT2D eigenvalue weighted by Gasteiger charge is 2.61. The van der Waals surface area contributed by atoms with E-state index < -0.39 is 56.0 Å². The molecule has 48 heavy (non-hydrogen) atoms. The number of fused-ring (bicyclic) bond motifs is 2. The lowest BCUT2D eigenvalue weighted by Crippen LogP contribution is -2.60. The first-order valence-corrected chi connectivity index (χ1v) is 21.2. The fraction of sp³-hybridized carbons (Fsp3) is 0.769. The fourth-order valence-corrected chi connectivity index (χ4v) is 9.36. The van der Waals surface area contributed by atoms with Gasteiger partial charge in [0.05, 0.1) is 31.0 Å². The zero-order valence-electron chi connectivity index (χ0n) is 31.2. The van der Waals surface area contributed by atoms with E-state index in [1.165, 1.54) is 0 Å². The van der Waals surface area contributed by atoms with Crippen LogP contribution in [-0.2, 0) is 28.2 Å². The number of aliphatic hydroxyl groups excluding tert-OH is 1. The van der Waals surface area contributed by atoms with Gasteiger partial charge in [-0.25, -0.2) is 0 Å². The fourth-order valence-electron chi connectivity index (χ4n) is 8.07. The third-order valence-corrected chi connectivity index (χ3v) is 16.6. The molecule has 11 unspecified atom stereocenters. The number of esters is 1. The number of allylic oxidation sites excluding steroid dienone is 2. The Hall–Kier alpha value is -1.59. The molecule has 9 heteroatoms. The van der Waals surface area contributed by atoms with Crippen LogP contribution in [0.1, 0.15) is 94.4 Å². The van der Waals surface area contributed by atoms with Crippen molar-refractivity contribution in [3.05, 3.63) is 47.1 Å². The third-order valence-electron chi connectivity index (χ3n) is 12.1. The summed E-state index contributed by atoms with van der Waals surface area (Å²) in [6.45, 7) is 23.6. The largest absolute Gasteiger partial charge is 0.462 e. The lowest BCUT2D eigenvalue weighted by Gasteiger charge is -2.51. The summed E-state index contributed by atoms with van der Waals surface area (Å²) in [6, 6.07) is 0. The minimum Gasteiger partial charge on any atom is -0.462 e. The Labute approximate surface area is 290 Å². The van der Waals surface area contributed by atoms with Crippen molar-refractivity contribution < 1.29 is 38.4 Å². The molecule has 0 amide bonds. The standard InChI is InChI=1S/C39H62O8Si/c1-23(2)33-26(5)17-18-38(46-33)21-30-20-29(45-38)16-15-25(4)32(40)24(3)13-12-14-28-22-43-35-34(47-48(10,11)37(7,8)9)27(6)19-31(36(41)44-30)39(28,35)42/h12-15,19,23-24,26,29-35,40,42H,16-18,20-22H2,1-11H3/b13-12+,25-15+,28-14+. The van der Waals surface area contributed by atoms with Crippen LogP contribution in [0.3, 0.4) is 0 Å². The number of aliphatic hydroxyl groups is 2. The van der Waals surface area contributed by atoms with Crippen LogP contribution in [0.15, 0.2) is 47.1 Å². The monoisotopic (exact) mass is 686 g/mol. The van der Waals surface area contributed by atoms with Crippen LogP contribution < -0.4 is 0 Å². The number of hydrogen-bond acceptors (Lipinski definition) is 8. The molecular weight excluding hydrogens is 625 g/mol. The van der Waals surface area contributed by atoms with Crippen LogP contribution in [0, 0.1) is 23.7 Å². The van der Waals surface area contributed by atoms with Crippen LogP contribution in [0.5, 0.6) is 0 Å². The van der Waals surface area contributed by atoms with Crippen molar-refractivity contribution in [3.8, 4) is 0 Å². The summed E-state index contributed by atoms with van der Waals surface area (Å²) >= 11 is 0. The maximum atomic E-state index is 14.4. The highest BCUT2D eigenvalue weighted by Crippen LogP contribution is 2.50. The molecule has 0 aromatic rings. The van der Waals surface area contributed by atoms with Gasteiger partial charge in [-0.05, 0) is 73.4 Å². The zero-order chi connectivity index (χ0) is 35.4. The van der Waals surface area contributed by atoms with Crippen molar-refractivity contribution in [3.63, 3.8) is 0 Å². The van der Waals surface area contributed by atoms with Gasteiger partial charge in [0.2, 0.25) is 0 Å². The van der Waals surface area contributed by atoms with Crippen LogP contribution in [-0.4, -0.2) is 79.1 Å². The van der Waals surface area contributed by atoms with E-state index in [9.17, 15) is 15.0 Å². The molecule has 5 aliphatic rings. The van der Waals surface area contributed by atoms with Crippen molar-refractivity contribution in [2.75, 3.05) is 6.61 Å². The first-order valence-electron chi connectivity index (χ1n) is 18.3. The molecule has 0 aromatic carbocycles. The van der Waals surface area contributed by atoms with Gasteiger partial charge in [0.25, 0.3) is 0 Å². The Bertz CT molecular complexity index is 1330. The van der Waals surface area contributed by atoms with Gasteiger partial charge in [-0.2, -0.15) is 0 Å². The molecular formula is C39H62O8Si. The number of carbonyl (C=O) groups is 1. The molecule has 2 N–H and O–H groups in total. The Morgan fingerprint density at radius 2 is 1.79 bits per heavy atom.